The Labute approximate surface area is 143 Å². The van der Waals surface area contributed by atoms with Crippen molar-refractivity contribution in [1.82, 2.24) is 15.4 Å². The van der Waals surface area contributed by atoms with Crippen LogP contribution in [0.2, 0.25) is 0 Å². The summed E-state index contributed by atoms with van der Waals surface area (Å²) in [6, 6.07) is 4.77. The number of hydrogen-bond acceptors (Lipinski definition) is 5. The normalized spacial score (nSPS) is 10.8. The first-order valence-electron chi connectivity index (χ1n) is 7.46. The van der Waals surface area contributed by atoms with Crippen molar-refractivity contribution in [2.75, 3.05) is 25.5 Å². The fourth-order valence-electron chi connectivity index (χ4n) is 2.08. The highest BCUT2D eigenvalue weighted by Crippen LogP contribution is 2.12. The van der Waals surface area contributed by atoms with Gasteiger partial charge in [0.05, 0.1) is 18.8 Å². The fourth-order valence-corrected chi connectivity index (χ4v) is 2.08. The molecule has 9 heteroatoms. The van der Waals surface area contributed by atoms with E-state index in [1.165, 1.54) is 6.07 Å². The molecule has 0 aliphatic carbocycles. The Kier molecular flexibility index (Phi) is 6.18. The highest BCUT2D eigenvalue weighted by molar-refractivity contribution is 5.94. The van der Waals surface area contributed by atoms with Gasteiger partial charge in [0, 0.05) is 24.4 Å². The summed E-state index contributed by atoms with van der Waals surface area (Å²) in [7, 11) is 1.73. The van der Waals surface area contributed by atoms with Gasteiger partial charge in [0.15, 0.2) is 11.6 Å². The topological polar surface area (TPSA) is 87.5 Å². The van der Waals surface area contributed by atoms with E-state index in [0.29, 0.717) is 18.0 Å². The molecule has 1 heterocycles. The number of carbonyl (C=O) groups is 2. The molecule has 25 heavy (non-hydrogen) atoms. The molecule has 0 aliphatic rings. The van der Waals surface area contributed by atoms with Gasteiger partial charge in [-0.25, -0.2) is 8.78 Å². The highest BCUT2D eigenvalue weighted by atomic mass is 19.2. The summed E-state index contributed by atoms with van der Waals surface area (Å²) in [4.78, 5) is 25.2. The number of nitrogens with zero attached hydrogens (tertiary/aromatic N) is 2. The number of benzene rings is 1. The molecule has 0 bridgehead atoms. The van der Waals surface area contributed by atoms with Crippen molar-refractivity contribution in [3.8, 4) is 0 Å². The first-order valence-corrected chi connectivity index (χ1v) is 7.46. The SMILES string of the molecule is Cc1cc(CN(C)CC(=O)NCC(=O)Nc2ccc(F)c(F)c2)no1. The van der Waals surface area contributed by atoms with E-state index in [1.807, 2.05) is 0 Å². The lowest BCUT2D eigenvalue weighted by molar-refractivity contribution is -0.124. The molecule has 1 aromatic heterocycles. The van der Waals surface area contributed by atoms with Crippen LogP contribution in [-0.2, 0) is 16.1 Å². The second-order valence-corrected chi connectivity index (χ2v) is 5.55. The summed E-state index contributed by atoms with van der Waals surface area (Å²) in [5, 5.41) is 8.64. The lowest BCUT2D eigenvalue weighted by Gasteiger charge is -2.14. The smallest absolute Gasteiger partial charge is 0.243 e. The molecular weight excluding hydrogens is 334 g/mol. The van der Waals surface area contributed by atoms with E-state index < -0.39 is 17.5 Å². The van der Waals surface area contributed by atoms with Crippen LogP contribution >= 0.6 is 0 Å². The van der Waals surface area contributed by atoms with Crippen molar-refractivity contribution in [2.24, 2.45) is 0 Å². The molecule has 0 radical (unpaired) electrons. The Morgan fingerprint density at radius 2 is 1.96 bits per heavy atom. The molecule has 0 saturated heterocycles. The molecule has 2 amide bonds. The molecular formula is C16H18F2N4O3. The first-order chi connectivity index (χ1) is 11.8. The number of likely N-dealkylation sites (N-methyl/N-ethyl adjacent to an activating group) is 1. The number of rotatable bonds is 7. The Hall–Kier alpha value is -2.81. The maximum absolute atomic E-state index is 13.1. The minimum absolute atomic E-state index is 0.0599. The molecule has 0 aliphatic heterocycles. The molecule has 2 N–H and O–H groups in total. The quantitative estimate of drug-likeness (QED) is 0.788. The summed E-state index contributed by atoms with van der Waals surface area (Å²) in [5.74, 6) is -2.29. The van der Waals surface area contributed by atoms with Gasteiger partial charge in [-0.1, -0.05) is 5.16 Å². The third kappa shape index (κ3) is 5.96. The minimum atomic E-state index is -1.06. The molecule has 1 aromatic carbocycles. The summed E-state index contributed by atoms with van der Waals surface area (Å²) in [6.45, 7) is 1.97. The lowest BCUT2D eigenvalue weighted by Crippen LogP contribution is -2.39. The third-order valence-corrected chi connectivity index (χ3v) is 3.17. The van der Waals surface area contributed by atoms with Crippen molar-refractivity contribution in [3.05, 3.63) is 47.4 Å². The van der Waals surface area contributed by atoms with E-state index in [9.17, 15) is 18.4 Å². The third-order valence-electron chi connectivity index (χ3n) is 3.17. The molecule has 0 spiro atoms. The second-order valence-electron chi connectivity index (χ2n) is 5.55. The van der Waals surface area contributed by atoms with Crippen molar-refractivity contribution >= 4 is 17.5 Å². The number of hydrogen-bond donors (Lipinski definition) is 2. The highest BCUT2D eigenvalue weighted by Gasteiger charge is 2.11. The van der Waals surface area contributed by atoms with Crippen LogP contribution in [0.5, 0.6) is 0 Å². The first kappa shape index (κ1) is 18.5. The Morgan fingerprint density at radius 3 is 2.60 bits per heavy atom. The molecule has 2 aromatic rings. The van der Waals surface area contributed by atoms with Gasteiger partial charge in [-0.3, -0.25) is 14.5 Å². The van der Waals surface area contributed by atoms with Crippen LogP contribution < -0.4 is 10.6 Å². The van der Waals surface area contributed by atoms with Crippen LogP contribution in [0.1, 0.15) is 11.5 Å². The average molecular weight is 352 g/mol. The van der Waals surface area contributed by atoms with Crippen molar-refractivity contribution in [3.63, 3.8) is 0 Å². The van der Waals surface area contributed by atoms with Crippen LogP contribution in [0.3, 0.4) is 0 Å². The lowest BCUT2D eigenvalue weighted by atomic mass is 10.3. The van der Waals surface area contributed by atoms with Gasteiger partial charge in [0.1, 0.15) is 5.76 Å². The van der Waals surface area contributed by atoms with Gasteiger partial charge in [-0.15, -0.1) is 0 Å². The Balaban J connectivity index is 1.73. The van der Waals surface area contributed by atoms with Gasteiger partial charge in [0.25, 0.3) is 0 Å². The van der Waals surface area contributed by atoms with Crippen LogP contribution in [0, 0.1) is 18.6 Å². The van der Waals surface area contributed by atoms with Crippen LogP contribution in [0.4, 0.5) is 14.5 Å². The van der Waals surface area contributed by atoms with Gasteiger partial charge in [-0.05, 0) is 26.1 Å². The van der Waals surface area contributed by atoms with Crippen LogP contribution in [-0.4, -0.2) is 42.0 Å². The van der Waals surface area contributed by atoms with E-state index in [2.05, 4.69) is 15.8 Å². The van der Waals surface area contributed by atoms with Gasteiger partial charge in [-0.2, -0.15) is 0 Å². The predicted octanol–water partition coefficient (Wildman–Crippen LogP) is 1.45. The number of anilines is 1. The number of aryl methyl sites for hydroxylation is 1. The molecule has 134 valence electrons. The zero-order chi connectivity index (χ0) is 18.4. The number of carbonyl (C=O) groups excluding carboxylic acids is 2. The second kappa shape index (κ2) is 8.34. The summed E-state index contributed by atoms with van der Waals surface area (Å²) in [5.41, 5.74) is 0.806. The minimum Gasteiger partial charge on any atom is -0.361 e. The maximum Gasteiger partial charge on any atom is 0.243 e. The van der Waals surface area contributed by atoms with E-state index in [1.54, 1.807) is 24.9 Å². The van der Waals surface area contributed by atoms with Crippen molar-refractivity contribution < 1.29 is 22.9 Å². The van der Waals surface area contributed by atoms with Crippen molar-refractivity contribution in [1.29, 1.82) is 0 Å². The number of amides is 2. The van der Waals surface area contributed by atoms with Crippen molar-refractivity contribution in [2.45, 2.75) is 13.5 Å². The Morgan fingerprint density at radius 1 is 1.20 bits per heavy atom. The molecule has 7 nitrogen and oxygen atoms in total. The van der Waals surface area contributed by atoms with Gasteiger partial charge < -0.3 is 15.2 Å². The molecule has 2 rings (SSSR count). The van der Waals surface area contributed by atoms with Gasteiger partial charge >= 0.3 is 0 Å². The summed E-state index contributed by atoms with van der Waals surface area (Å²) >= 11 is 0. The Bertz CT molecular complexity index is 764. The van der Waals surface area contributed by atoms with Gasteiger partial charge in [0.2, 0.25) is 11.8 Å². The molecule has 0 unspecified atom stereocenters. The van der Waals surface area contributed by atoms with E-state index in [-0.39, 0.29) is 24.7 Å². The zero-order valence-corrected chi connectivity index (χ0v) is 13.8. The monoisotopic (exact) mass is 352 g/mol. The molecule has 0 atom stereocenters. The van der Waals surface area contributed by atoms with E-state index in [0.717, 1.165) is 12.1 Å². The van der Waals surface area contributed by atoms with Crippen LogP contribution in [0.15, 0.2) is 28.8 Å². The number of nitrogens with one attached hydrogen (secondary N) is 2. The van der Waals surface area contributed by atoms with E-state index in [4.69, 9.17) is 4.52 Å². The number of aromatic nitrogens is 1. The fraction of sp³-hybridized carbons (Fsp3) is 0.312. The largest absolute Gasteiger partial charge is 0.361 e. The zero-order valence-electron chi connectivity index (χ0n) is 13.8. The standard InChI is InChI=1S/C16H18F2N4O3/c1-10-5-12(21-25-10)8-22(2)9-16(24)19-7-15(23)20-11-3-4-13(17)14(18)6-11/h3-6H,7-9H2,1-2H3,(H,19,24)(H,20,23). The predicted molar refractivity (Wildman–Crippen MR) is 85.6 cm³/mol. The summed E-state index contributed by atoms with van der Waals surface area (Å²) < 4.78 is 30.8. The van der Waals surface area contributed by atoms with E-state index >= 15 is 0 Å². The van der Waals surface area contributed by atoms with Crippen LogP contribution in [0.25, 0.3) is 0 Å². The maximum atomic E-state index is 13.1. The molecule has 0 saturated carbocycles. The average Bonchev–Trinajstić information content (AvgIpc) is 2.94. The number of halogens is 2. The molecule has 0 fully saturated rings. The summed E-state index contributed by atoms with van der Waals surface area (Å²) in [6.07, 6.45) is 0.